The molecule has 0 atom stereocenters. The second kappa shape index (κ2) is 14.6. The number of imidazole rings is 1. The molecule has 0 saturated heterocycles. The average molecular weight is 670 g/mol. The first kappa shape index (κ1) is 32.5. The van der Waals surface area contributed by atoms with E-state index in [0.717, 1.165) is 45.2 Å². The summed E-state index contributed by atoms with van der Waals surface area (Å²) in [5, 5.41) is 2.45. The number of rotatable bonds is 7. The standard InChI is InChI=1S/C47H33N3.C2H6/c1-3-14-40(15-4-1)49(45-21-11-13-38-12-7-8-18-43(38)45)42-32-30-37(31-33-42)35-24-22-34(23-25-35)36-26-28-39(29-27-36)47-48-44-19-9-10-20-46(44)50(47)41-16-5-2-6-17-41;1-2/h1-33H;1-2H3. The molecule has 0 N–H and O–H groups in total. The van der Waals surface area contributed by atoms with Gasteiger partial charge in [0.25, 0.3) is 0 Å². The van der Waals surface area contributed by atoms with Crippen LogP contribution in [0.15, 0.2) is 200 Å². The molecule has 0 aliphatic carbocycles. The van der Waals surface area contributed by atoms with E-state index >= 15 is 0 Å². The van der Waals surface area contributed by atoms with Gasteiger partial charge in [-0.3, -0.25) is 4.57 Å². The van der Waals surface area contributed by atoms with Crippen LogP contribution in [0, 0.1) is 0 Å². The van der Waals surface area contributed by atoms with E-state index in [1.165, 1.54) is 33.0 Å². The first-order valence-electron chi connectivity index (χ1n) is 18.0. The van der Waals surface area contributed by atoms with Crippen molar-refractivity contribution < 1.29 is 0 Å². The van der Waals surface area contributed by atoms with Crippen LogP contribution in [0.5, 0.6) is 0 Å². The van der Waals surface area contributed by atoms with Crippen LogP contribution in [0.3, 0.4) is 0 Å². The van der Waals surface area contributed by atoms with Crippen LogP contribution in [-0.2, 0) is 0 Å². The molecule has 0 radical (unpaired) electrons. The Morgan fingerprint density at radius 2 is 0.885 bits per heavy atom. The molecule has 0 saturated carbocycles. The van der Waals surface area contributed by atoms with Gasteiger partial charge in [0.2, 0.25) is 0 Å². The molecule has 9 aromatic rings. The second-order valence-electron chi connectivity index (χ2n) is 12.5. The molecule has 0 spiro atoms. The lowest BCUT2D eigenvalue weighted by Crippen LogP contribution is -2.10. The third kappa shape index (κ3) is 6.25. The van der Waals surface area contributed by atoms with Gasteiger partial charge < -0.3 is 4.90 Å². The average Bonchev–Trinajstić information content (AvgIpc) is 3.63. The second-order valence-corrected chi connectivity index (χ2v) is 12.5. The molecule has 250 valence electrons. The van der Waals surface area contributed by atoms with Crippen LogP contribution in [0.2, 0.25) is 0 Å². The predicted octanol–water partition coefficient (Wildman–Crippen LogP) is 13.7. The highest BCUT2D eigenvalue weighted by Gasteiger charge is 2.16. The number of aromatic nitrogens is 2. The lowest BCUT2D eigenvalue weighted by Gasteiger charge is -2.27. The van der Waals surface area contributed by atoms with E-state index in [9.17, 15) is 0 Å². The summed E-state index contributed by atoms with van der Waals surface area (Å²) < 4.78 is 2.24. The maximum Gasteiger partial charge on any atom is 0.145 e. The molecule has 1 aromatic heterocycles. The Morgan fingerprint density at radius 1 is 0.404 bits per heavy atom. The summed E-state index contributed by atoms with van der Waals surface area (Å²) in [5.41, 5.74) is 12.4. The molecule has 0 unspecified atom stereocenters. The summed E-state index contributed by atoms with van der Waals surface area (Å²) in [6, 6.07) is 70.9. The summed E-state index contributed by atoms with van der Waals surface area (Å²) in [6.45, 7) is 4.00. The highest BCUT2D eigenvalue weighted by Crippen LogP contribution is 2.39. The number of benzene rings is 8. The minimum atomic E-state index is 0.939. The van der Waals surface area contributed by atoms with Crippen molar-refractivity contribution in [3.05, 3.63) is 200 Å². The van der Waals surface area contributed by atoms with E-state index < -0.39 is 0 Å². The lowest BCUT2D eigenvalue weighted by atomic mass is 9.99. The summed E-state index contributed by atoms with van der Waals surface area (Å²) in [6.07, 6.45) is 0. The molecule has 0 amide bonds. The molecular formula is C49H39N3. The fourth-order valence-electron chi connectivity index (χ4n) is 6.94. The van der Waals surface area contributed by atoms with Gasteiger partial charge in [-0.05, 0) is 82.2 Å². The zero-order valence-electron chi connectivity index (χ0n) is 29.4. The summed E-state index contributed by atoms with van der Waals surface area (Å²) in [4.78, 5) is 7.37. The van der Waals surface area contributed by atoms with E-state index in [1.807, 2.05) is 26.0 Å². The number of hydrogen-bond donors (Lipinski definition) is 0. The quantitative estimate of drug-likeness (QED) is 0.168. The Morgan fingerprint density at radius 3 is 1.54 bits per heavy atom. The van der Waals surface area contributed by atoms with Gasteiger partial charge in [-0.15, -0.1) is 0 Å². The molecule has 0 aliphatic rings. The first-order chi connectivity index (χ1) is 25.8. The monoisotopic (exact) mass is 669 g/mol. The molecular weight excluding hydrogens is 631 g/mol. The van der Waals surface area contributed by atoms with E-state index in [4.69, 9.17) is 4.98 Å². The van der Waals surface area contributed by atoms with Gasteiger partial charge in [-0.2, -0.15) is 0 Å². The van der Waals surface area contributed by atoms with Crippen LogP contribution in [0.4, 0.5) is 17.1 Å². The maximum absolute atomic E-state index is 5.03. The molecule has 3 nitrogen and oxygen atoms in total. The number of fused-ring (bicyclic) bond motifs is 2. The summed E-state index contributed by atoms with van der Waals surface area (Å²) in [7, 11) is 0. The molecule has 9 rings (SSSR count). The highest BCUT2D eigenvalue weighted by molar-refractivity contribution is 5.99. The first-order valence-corrected chi connectivity index (χ1v) is 18.0. The van der Waals surface area contributed by atoms with E-state index in [2.05, 4.69) is 198 Å². The van der Waals surface area contributed by atoms with Crippen molar-refractivity contribution in [2.45, 2.75) is 13.8 Å². The number of nitrogens with zero attached hydrogens (tertiary/aromatic N) is 3. The van der Waals surface area contributed by atoms with Gasteiger partial charge in [-0.25, -0.2) is 4.98 Å². The molecule has 8 aromatic carbocycles. The van der Waals surface area contributed by atoms with Crippen LogP contribution < -0.4 is 4.90 Å². The van der Waals surface area contributed by atoms with Gasteiger partial charge in [-0.1, -0.05) is 159 Å². The Bertz CT molecular complexity index is 2550. The zero-order valence-corrected chi connectivity index (χ0v) is 29.4. The topological polar surface area (TPSA) is 21.1 Å². The molecule has 0 fully saturated rings. The zero-order chi connectivity index (χ0) is 35.3. The smallest absolute Gasteiger partial charge is 0.145 e. The molecule has 0 bridgehead atoms. The largest absolute Gasteiger partial charge is 0.310 e. The van der Waals surface area contributed by atoms with Gasteiger partial charge in [0.1, 0.15) is 5.82 Å². The van der Waals surface area contributed by atoms with Crippen molar-refractivity contribution >= 4 is 38.9 Å². The van der Waals surface area contributed by atoms with Crippen molar-refractivity contribution in [1.82, 2.24) is 9.55 Å². The number of para-hydroxylation sites is 4. The predicted molar refractivity (Wildman–Crippen MR) is 221 cm³/mol. The summed E-state index contributed by atoms with van der Waals surface area (Å²) >= 11 is 0. The van der Waals surface area contributed by atoms with Crippen molar-refractivity contribution in [1.29, 1.82) is 0 Å². The van der Waals surface area contributed by atoms with Gasteiger partial charge in [0.15, 0.2) is 0 Å². The third-order valence-corrected chi connectivity index (χ3v) is 9.42. The molecule has 1 heterocycles. The van der Waals surface area contributed by atoms with Crippen molar-refractivity contribution in [2.75, 3.05) is 4.90 Å². The minimum absolute atomic E-state index is 0.939. The Labute approximate surface area is 305 Å². The van der Waals surface area contributed by atoms with Gasteiger partial charge in [0, 0.05) is 28.0 Å². The number of anilines is 3. The van der Waals surface area contributed by atoms with E-state index in [0.29, 0.717) is 0 Å². The molecule has 0 aliphatic heterocycles. The van der Waals surface area contributed by atoms with Crippen LogP contribution in [-0.4, -0.2) is 9.55 Å². The molecule has 52 heavy (non-hydrogen) atoms. The van der Waals surface area contributed by atoms with Gasteiger partial charge in [0.05, 0.1) is 16.7 Å². The van der Waals surface area contributed by atoms with E-state index in [-0.39, 0.29) is 0 Å². The number of hydrogen-bond acceptors (Lipinski definition) is 2. The van der Waals surface area contributed by atoms with Crippen LogP contribution >= 0.6 is 0 Å². The summed E-state index contributed by atoms with van der Waals surface area (Å²) in [5.74, 6) is 0.939. The SMILES string of the molecule is CC.c1ccc(N(c2ccc(-c3ccc(-c4ccc(-c5nc6ccccc6n5-c5ccccc5)cc4)cc3)cc2)c2cccc3ccccc23)cc1. The fourth-order valence-corrected chi connectivity index (χ4v) is 6.94. The van der Waals surface area contributed by atoms with Crippen molar-refractivity contribution in [2.24, 2.45) is 0 Å². The fraction of sp³-hybridized carbons (Fsp3) is 0.0408. The third-order valence-electron chi connectivity index (χ3n) is 9.42. The van der Waals surface area contributed by atoms with Crippen molar-refractivity contribution in [3.8, 4) is 39.3 Å². The van der Waals surface area contributed by atoms with Crippen LogP contribution in [0.25, 0.3) is 61.1 Å². The van der Waals surface area contributed by atoms with Gasteiger partial charge >= 0.3 is 0 Å². The lowest BCUT2D eigenvalue weighted by molar-refractivity contribution is 1.10. The highest BCUT2D eigenvalue weighted by atomic mass is 15.1. The minimum Gasteiger partial charge on any atom is -0.310 e. The normalized spacial score (nSPS) is 10.9. The Hall–Kier alpha value is -6.71. The Balaban J connectivity index is 0.00000190. The van der Waals surface area contributed by atoms with E-state index in [1.54, 1.807) is 0 Å². The van der Waals surface area contributed by atoms with Crippen molar-refractivity contribution in [3.63, 3.8) is 0 Å². The van der Waals surface area contributed by atoms with Crippen LogP contribution in [0.1, 0.15) is 13.8 Å². The maximum atomic E-state index is 5.03. The molecule has 3 heteroatoms. The Kier molecular flexibility index (Phi) is 9.15.